The number of benzene rings is 2. The summed E-state index contributed by atoms with van der Waals surface area (Å²) in [5, 5.41) is 0. The first-order valence-corrected chi connectivity index (χ1v) is 20.4. The highest BCUT2D eigenvalue weighted by atomic mass is 16.6. The van der Waals surface area contributed by atoms with Gasteiger partial charge in [0, 0.05) is 5.56 Å². The van der Waals surface area contributed by atoms with Crippen LogP contribution in [0.15, 0.2) is 54.6 Å². The number of unbranched alkanes of at least 4 members (excludes halogenated alkanes) is 20. The Balaban J connectivity index is 1.83. The molecule has 2 rings (SSSR count). The topological polar surface area (TPSA) is 96.0 Å². The van der Waals surface area contributed by atoms with Crippen molar-refractivity contribution < 1.29 is 33.4 Å². The smallest absolute Gasteiger partial charge is 0.343 e. The molecule has 52 heavy (non-hydrogen) atoms. The Bertz CT molecular complexity index is 1230. The van der Waals surface area contributed by atoms with Crippen LogP contribution in [0.5, 0.6) is 5.75 Å². The van der Waals surface area contributed by atoms with Gasteiger partial charge in [-0.05, 0) is 54.8 Å². The predicted molar refractivity (Wildman–Crippen MR) is 211 cm³/mol. The monoisotopic (exact) mass is 718 g/mol. The quantitative estimate of drug-likeness (QED) is 0.0252. The van der Waals surface area contributed by atoms with Crippen molar-refractivity contribution in [2.75, 3.05) is 13.2 Å². The van der Waals surface area contributed by atoms with E-state index in [1.54, 1.807) is 54.6 Å². The van der Waals surface area contributed by atoms with Crippen molar-refractivity contribution in [2.45, 2.75) is 155 Å². The minimum Gasteiger partial charge on any atom is -0.465 e. The zero-order valence-corrected chi connectivity index (χ0v) is 32.3. The third-order valence-electron chi connectivity index (χ3n) is 9.35. The Hall–Kier alpha value is -3.74. The molecular formula is C45H66O7. The third-order valence-corrected chi connectivity index (χ3v) is 9.35. The average molecular weight is 719 g/mol. The summed E-state index contributed by atoms with van der Waals surface area (Å²) >= 11 is 0. The lowest BCUT2D eigenvalue weighted by atomic mass is 10.1. The van der Waals surface area contributed by atoms with Gasteiger partial charge in [-0.15, -0.1) is 0 Å². The maximum Gasteiger partial charge on any atom is 0.343 e. The largest absolute Gasteiger partial charge is 0.465 e. The van der Waals surface area contributed by atoms with Gasteiger partial charge in [-0.25, -0.2) is 4.79 Å². The molecule has 0 aliphatic rings. The highest BCUT2D eigenvalue weighted by Crippen LogP contribution is 2.17. The minimum absolute atomic E-state index is 0.279. The highest BCUT2D eigenvalue weighted by Gasteiger charge is 2.27. The summed E-state index contributed by atoms with van der Waals surface area (Å²) in [7, 11) is 0. The molecule has 288 valence electrons. The third kappa shape index (κ3) is 20.9. The second kappa shape index (κ2) is 29.8. The minimum atomic E-state index is -1.17. The SMILES string of the molecule is CCCCCCCCCCCCCOC(=O)C(/C=C/c1ccc(C(=O)Oc2ccc(C=O)cc2)cc1)C(=O)OCCCCCCCCCCCCC. The van der Waals surface area contributed by atoms with Gasteiger partial charge in [0.1, 0.15) is 12.0 Å². The number of hydrogen-bond acceptors (Lipinski definition) is 7. The second-order valence-corrected chi connectivity index (χ2v) is 13.9. The number of rotatable bonds is 31. The fourth-order valence-corrected chi connectivity index (χ4v) is 6.03. The van der Waals surface area contributed by atoms with Crippen LogP contribution in [0, 0.1) is 5.92 Å². The summed E-state index contributed by atoms with van der Waals surface area (Å²) in [6.45, 7) is 5.04. The molecule has 0 aromatic heterocycles. The first-order valence-electron chi connectivity index (χ1n) is 20.4. The molecule has 0 aliphatic carbocycles. The first kappa shape index (κ1) is 44.4. The zero-order chi connectivity index (χ0) is 37.5. The number of carbonyl (C=O) groups is 4. The maximum absolute atomic E-state index is 13.1. The number of ether oxygens (including phenoxy) is 3. The molecule has 7 heteroatoms. The van der Waals surface area contributed by atoms with Gasteiger partial charge in [0.25, 0.3) is 0 Å². The van der Waals surface area contributed by atoms with E-state index in [-0.39, 0.29) is 13.2 Å². The van der Waals surface area contributed by atoms with E-state index < -0.39 is 23.8 Å². The molecule has 7 nitrogen and oxygen atoms in total. The van der Waals surface area contributed by atoms with Crippen LogP contribution < -0.4 is 4.74 Å². The second-order valence-electron chi connectivity index (χ2n) is 13.9. The Morgan fingerprint density at radius 3 is 1.31 bits per heavy atom. The standard InChI is InChI=1S/C45H66O7/c1-3-5-7-9-11-13-15-17-19-21-23-35-50-44(48)42(45(49)51-36-24-22-20-18-16-14-12-10-8-6-4-2)34-29-38-25-30-40(31-26-38)43(47)52-41-32-27-39(37-46)28-33-41/h25-34,37,42H,3-24,35-36H2,1-2H3/b34-29+. The summed E-state index contributed by atoms with van der Waals surface area (Å²) in [5.41, 5.74) is 1.53. The molecule has 0 amide bonds. The molecule has 0 aliphatic heterocycles. The molecule has 2 aromatic rings. The van der Waals surface area contributed by atoms with Crippen molar-refractivity contribution in [3.63, 3.8) is 0 Å². The van der Waals surface area contributed by atoms with Gasteiger partial charge in [0.15, 0.2) is 5.92 Å². The lowest BCUT2D eigenvalue weighted by Crippen LogP contribution is -2.27. The highest BCUT2D eigenvalue weighted by molar-refractivity contribution is 5.98. The zero-order valence-electron chi connectivity index (χ0n) is 32.3. The van der Waals surface area contributed by atoms with Crippen LogP contribution in [-0.4, -0.2) is 37.4 Å². The first-order chi connectivity index (χ1) is 25.5. The Kier molecular flexibility index (Phi) is 25.5. The van der Waals surface area contributed by atoms with E-state index in [4.69, 9.17) is 14.2 Å². The van der Waals surface area contributed by atoms with Gasteiger partial charge in [-0.1, -0.05) is 167 Å². The Morgan fingerprint density at radius 2 is 0.904 bits per heavy atom. The number of aldehydes is 1. The molecular weight excluding hydrogens is 652 g/mol. The van der Waals surface area contributed by atoms with Crippen molar-refractivity contribution in [1.29, 1.82) is 0 Å². The van der Waals surface area contributed by atoms with Crippen LogP contribution in [0.3, 0.4) is 0 Å². The van der Waals surface area contributed by atoms with Crippen LogP contribution in [-0.2, 0) is 19.1 Å². The van der Waals surface area contributed by atoms with Gasteiger partial charge in [-0.2, -0.15) is 0 Å². The molecule has 0 heterocycles. The molecule has 0 unspecified atom stereocenters. The molecule has 0 fully saturated rings. The van der Waals surface area contributed by atoms with Gasteiger partial charge in [0.2, 0.25) is 0 Å². The molecule has 0 N–H and O–H groups in total. The van der Waals surface area contributed by atoms with E-state index in [0.717, 1.165) is 44.8 Å². The number of carbonyl (C=O) groups excluding carboxylic acids is 4. The van der Waals surface area contributed by atoms with E-state index in [0.29, 0.717) is 22.4 Å². The van der Waals surface area contributed by atoms with E-state index >= 15 is 0 Å². The molecule has 0 saturated carbocycles. The fraction of sp³-hybridized carbons (Fsp3) is 0.600. The molecule has 0 saturated heterocycles. The Morgan fingerprint density at radius 1 is 0.519 bits per heavy atom. The lowest BCUT2D eigenvalue weighted by Gasteiger charge is -2.13. The summed E-state index contributed by atoms with van der Waals surface area (Å²) in [6, 6.07) is 12.9. The molecule has 0 spiro atoms. The normalized spacial score (nSPS) is 11.2. The number of esters is 3. The summed E-state index contributed by atoms with van der Waals surface area (Å²) < 4.78 is 16.5. The van der Waals surface area contributed by atoms with Crippen molar-refractivity contribution in [1.82, 2.24) is 0 Å². The van der Waals surface area contributed by atoms with Crippen LogP contribution in [0.25, 0.3) is 6.08 Å². The lowest BCUT2D eigenvalue weighted by molar-refractivity contribution is -0.159. The van der Waals surface area contributed by atoms with E-state index in [1.807, 2.05) is 0 Å². The maximum atomic E-state index is 13.1. The van der Waals surface area contributed by atoms with E-state index in [9.17, 15) is 19.2 Å². The van der Waals surface area contributed by atoms with Crippen molar-refractivity contribution in [2.24, 2.45) is 5.92 Å². The van der Waals surface area contributed by atoms with Crippen LogP contribution in [0.2, 0.25) is 0 Å². The van der Waals surface area contributed by atoms with Crippen molar-refractivity contribution in [3.8, 4) is 5.75 Å². The van der Waals surface area contributed by atoms with E-state index in [1.165, 1.54) is 109 Å². The summed E-state index contributed by atoms with van der Waals surface area (Å²) in [6.07, 6.45) is 30.4. The van der Waals surface area contributed by atoms with Crippen molar-refractivity contribution >= 4 is 30.3 Å². The van der Waals surface area contributed by atoms with Crippen LogP contribution in [0.4, 0.5) is 0 Å². The summed E-state index contributed by atoms with van der Waals surface area (Å²) in [4.78, 5) is 49.7. The molecule has 2 aromatic carbocycles. The van der Waals surface area contributed by atoms with Gasteiger partial charge >= 0.3 is 17.9 Å². The van der Waals surface area contributed by atoms with Crippen LogP contribution >= 0.6 is 0 Å². The van der Waals surface area contributed by atoms with Crippen molar-refractivity contribution in [3.05, 3.63) is 71.3 Å². The van der Waals surface area contributed by atoms with Gasteiger partial charge < -0.3 is 14.2 Å². The average Bonchev–Trinajstić information content (AvgIpc) is 3.16. The molecule has 0 radical (unpaired) electrons. The van der Waals surface area contributed by atoms with Crippen LogP contribution in [0.1, 0.15) is 181 Å². The van der Waals surface area contributed by atoms with E-state index in [2.05, 4.69) is 13.8 Å². The molecule has 0 atom stereocenters. The predicted octanol–water partition coefficient (Wildman–Crippen LogP) is 12.1. The Labute approximate surface area is 314 Å². The molecule has 0 bridgehead atoms. The summed E-state index contributed by atoms with van der Waals surface area (Å²) in [5.74, 6) is -2.58. The number of hydrogen-bond donors (Lipinski definition) is 0. The van der Waals surface area contributed by atoms with Gasteiger partial charge in [-0.3, -0.25) is 14.4 Å². The fourth-order valence-electron chi connectivity index (χ4n) is 6.03. The van der Waals surface area contributed by atoms with Gasteiger partial charge in [0.05, 0.1) is 18.8 Å².